The lowest BCUT2D eigenvalue weighted by molar-refractivity contribution is -0.128. The van der Waals surface area contributed by atoms with E-state index in [2.05, 4.69) is 28.1 Å². The monoisotopic (exact) mass is 438 g/mol. The summed E-state index contributed by atoms with van der Waals surface area (Å²) in [4.78, 5) is 2.15. The fraction of sp³-hybridized carbons (Fsp3) is 0.429. The maximum Gasteiger partial charge on any atom is 0.396 e. The van der Waals surface area contributed by atoms with Gasteiger partial charge in [-0.25, -0.2) is 0 Å². The van der Waals surface area contributed by atoms with Gasteiger partial charge in [-0.2, -0.15) is 13.2 Å². The van der Waals surface area contributed by atoms with E-state index in [1.54, 1.807) is 19.4 Å². The summed E-state index contributed by atoms with van der Waals surface area (Å²) in [6, 6.07) is 7.82. The fourth-order valence-corrected chi connectivity index (χ4v) is 4.58. The zero-order valence-electron chi connectivity index (χ0n) is 16.7. The van der Waals surface area contributed by atoms with E-state index in [1.165, 1.54) is 15.5 Å². The molecule has 0 saturated carbocycles. The molecule has 3 heterocycles. The quantitative estimate of drug-likeness (QED) is 0.562. The average Bonchev–Trinajstić information content (AvgIpc) is 3.10. The van der Waals surface area contributed by atoms with Crippen molar-refractivity contribution in [3.8, 4) is 5.75 Å². The first-order valence-corrected chi connectivity index (χ1v) is 10.1. The van der Waals surface area contributed by atoms with Crippen LogP contribution in [0.1, 0.15) is 35.7 Å². The minimum Gasteiger partial charge on any atom is -0.496 e. The molecule has 4 rings (SSSR count). The first-order valence-electron chi connectivity index (χ1n) is 9.76. The van der Waals surface area contributed by atoms with Crippen molar-refractivity contribution in [1.29, 1.82) is 0 Å². The lowest BCUT2D eigenvalue weighted by Gasteiger charge is -2.35. The van der Waals surface area contributed by atoms with E-state index in [4.69, 9.17) is 16.3 Å². The second kappa shape index (κ2) is 7.98. The molecule has 30 heavy (non-hydrogen) atoms. The van der Waals surface area contributed by atoms with Crippen molar-refractivity contribution in [1.82, 2.24) is 14.6 Å². The minimum atomic E-state index is -4.35. The van der Waals surface area contributed by atoms with Crippen LogP contribution in [0, 0.1) is 6.92 Å². The highest BCUT2D eigenvalue weighted by Crippen LogP contribution is 2.39. The molecule has 1 aliphatic heterocycles. The first kappa shape index (κ1) is 20.8. The topological polar surface area (TPSA) is 42.7 Å². The van der Waals surface area contributed by atoms with Crippen LogP contribution in [0.25, 0.3) is 5.65 Å². The van der Waals surface area contributed by atoms with Crippen molar-refractivity contribution < 1.29 is 17.9 Å². The van der Waals surface area contributed by atoms with Gasteiger partial charge in [0.05, 0.1) is 12.8 Å². The number of pyridine rings is 1. The van der Waals surface area contributed by atoms with E-state index in [9.17, 15) is 13.2 Å². The smallest absolute Gasteiger partial charge is 0.396 e. The van der Waals surface area contributed by atoms with Crippen molar-refractivity contribution >= 4 is 22.9 Å². The normalized spacial score (nSPS) is 15.7. The molecule has 9 heteroatoms. The van der Waals surface area contributed by atoms with E-state index in [-0.39, 0.29) is 11.5 Å². The van der Waals surface area contributed by atoms with E-state index in [1.807, 2.05) is 12.1 Å². The molecule has 1 aliphatic rings. The number of aromatic nitrogens is 3. The number of nitrogens with zero attached hydrogens (tertiary/aromatic N) is 4. The molecule has 0 spiro atoms. The Balaban J connectivity index is 1.55. The van der Waals surface area contributed by atoms with Gasteiger partial charge in [-0.15, -0.1) is 10.2 Å². The van der Waals surface area contributed by atoms with Gasteiger partial charge in [-0.05, 0) is 43.4 Å². The van der Waals surface area contributed by atoms with Crippen molar-refractivity contribution in [3.63, 3.8) is 0 Å². The predicted molar refractivity (Wildman–Crippen MR) is 110 cm³/mol. The molecule has 1 fully saturated rings. The summed E-state index contributed by atoms with van der Waals surface area (Å²) >= 11 is 6.52. The van der Waals surface area contributed by atoms with Crippen LogP contribution in [0.15, 0.2) is 30.5 Å². The number of methoxy groups -OCH3 is 1. The zero-order valence-corrected chi connectivity index (χ0v) is 17.5. The molecule has 1 saturated heterocycles. The lowest BCUT2D eigenvalue weighted by Crippen LogP contribution is -2.33. The number of hydrogen-bond acceptors (Lipinski definition) is 4. The van der Waals surface area contributed by atoms with Crippen LogP contribution in [-0.2, 0) is 6.42 Å². The SMILES string of the molecule is COc1cccc(C)c1C1CCN(c2ccn3c(CC(F)(F)F)nnc3c2Cl)CC1. The Morgan fingerprint density at radius 2 is 1.90 bits per heavy atom. The Hall–Kier alpha value is -2.48. The standard InChI is InChI=1S/C21H22ClF3N4O/c1-13-4-3-5-16(30-2)18(13)14-6-9-28(10-7-14)15-8-11-29-17(12-21(23,24)25)26-27-20(29)19(15)22/h3-5,8,11,14H,6-7,9-10,12H2,1-2H3. The number of halogens is 4. The van der Waals surface area contributed by atoms with E-state index in [0.29, 0.717) is 10.9 Å². The number of anilines is 1. The number of piperidine rings is 1. The molecule has 2 aromatic heterocycles. The molecule has 3 aromatic rings. The first-order chi connectivity index (χ1) is 14.3. The second-order valence-electron chi connectivity index (χ2n) is 7.57. The number of benzene rings is 1. The highest BCUT2D eigenvalue weighted by atomic mass is 35.5. The summed E-state index contributed by atoms with van der Waals surface area (Å²) in [5.74, 6) is 1.12. The molecule has 0 radical (unpaired) electrons. The highest BCUT2D eigenvalue weighted by molar-refractivity contribution is 6.36. The second-order valence-corrected chi connectivity index (χ2v) is 7.95. The Morgan fingerprint density at radius 3 is 2.57 bits per heavy atom. The third-order valence-corrected chi connectivity index (χ3v) is 6.04. The summed E-state index contributed by atoms with van der Waals surface area (Å²) in [6.45, 7) is 3.65. The number of aryl methyl sites for hydroxylation is 1. The molecule has 0 bridgehead atoms. The van der Waals surface area contributed by atoms with Crippen LogP contribution < -0.4 is 9.64 Å². The van der Waals surface area contributed by atoms with Crippen LogP contribution in [0.4, 0.5) is 18.9 Å². The lowest BCUT2D eigenvalue weighted by atomic mass is 9.86. The molecule has 0 unspecified atom stereocenters. The molecule has 0 N–H and O–H groups in total. The summed E-state index contributed by atoms with van der Waals surface area (Å²) in [5.41, 5.74) is 3.48. The summed E-state index contributed by atoms with van der Waals surface area (Å²) in [7, 11) is 1.69. The zero-order chi connectivity index (χ0) is 21.5. The minimum absolute atomic E-state index is 0.170. The fourth-order valence-electron chi connectivity index (χ4n) is 4.27. The average molecular weight is 439 g/mol. The van der Waals surface area contributed by atoms with Gasteiger partial charge in [-0.1, -0.05) is 23.7 Å². The third-order valence-electron chi connectivity index (χ3n) is 5.68. The van der Waals surface area contributed by atoms with Gasteiger partial charge in [-0.3, -0.25) is 4.40 Å². The number of alkyl halides is 3. The Bertz CT molecular complexity index is 1060. The highest BCUT2D eigenvalue weighted by Gasteiger charge is 2.31. The van der Waals surface area contributed by atoms with Gasteiger partial charge in [0.1, 0.15) is 23.0 Å². The molecule has 0 atom stereocenters. The summed E-state index contributed by atoms with van der Waals surface area (Å²) in [5, 5.41) is 7.90. The van der Waals surface area contributed by atoms with Crippen LogP contribution in [-0.4, -0.2) is 41.0 Å². The molecule has 0 amide bonds. The van der Waals surface area contributed by atoms with Gasteiger partial charge in [0.2, 0.25) is 0 Å². The number of rotatable bonds is 4. The molecular formula is C21H22ClF3N4O. The largest absolute Gasteiger partial charge is 0.496 e. The van der Waals surface area contributed by atoms with Gasteiger partial charge < -0.3 is 9.64 Å². The Labute approximate surface area is 177 Å². The van der Waals surface area contributed by atoms with Crippen LogP contribution in [0.5, 0.6) is 5.75 Å². The summed E-state index contributed by atoms with van der Waals surface area (Å²) in [6.07, 6.45) is -2.09. The van der Waals surface area contributed by atoms with Crippen molar-refractivity contribution in [2.45, 2.75) is 38.3 Å². The maximum absolute atomic E-state index is 12.7. The van der Waals surface area contributed by atoms with Crippen LogP contribution >= 0.6 is 11.6 Å². The van der Waals surface area contributed by atoms with Gasteiger partial charge >= 0.3 is 6.18 Å². The summed E-state index contributed by atoms with van der Waals surface area (Å²) < 4.78 is 45.1. The van der Waals surface area contributed by atoms with Crippen molar-refractivity contribution in [3.05, 3.63) is 52.4 Å². The van der Waals surface area contributed by atoms with Crippen LogP contribution in [0.2, 0.25) is 5.02 Å². The molecule has 160 valence electrons. The number of ether oxygens (including phenoxy) is 1. The molecule has 0 aliphatic carbocycles. The van der Waals surface area contributed by atoms with Gasteiger partial charge in [0.25, 0.3) is 0 Å². The van der Waals surface area contributed by atoms with Crippen molar-refractivity contribution in [2.24, 2.45) is 0 Å². The van der Waals surface area contributed by atoms with E-state index < -0.39 is 12.6 Å². The maximum atomic E-state index is 12.7. The van der Waals surface area contributed by atoms with E-state index >= 15 is 0 Å². The molecule has 1 aromatic carbocycles. The Morgan fingerprint density at radius 1 is 1.17 bits per heavy atom. The predicted octanol–water partition coefficient (Wildman–Crippen LogP) is 5.19. The van der Waals surface area contributed by atoms with Gasteiger partial charge in [0, 0.05) is 24.8 Å². The molecule has 5 nitrogen and oxygen atoms in total. The van der Waals surface area contributed by atoms with Crippen LogP contribution in [0.3, 0.4) is 0 Å². The molecular weight excluding hydrogens is 417 g/mol. The third kappa shape index (κ3) is 3.93. The Kier molecular flexibility index (Phi) is 5.53. The number of hydrogen-bond donors (Lipinski definition) is 0. The number of fused-ring (bicyclic) bond motifs is 1. The van der Waals surface area contributed by atoms with Gasteiger partial charge in [0.15, 0.2) is 5.65 Å². The van der Waals surface area contributed by atoms with E-state index in [0.717, 1.165) is 37.4 Å². The van der Waals surface area contributed by atoms with Crippen molar-refractivity contribution in [2.75, 3.05) is 25.1 Å².